The van der Waals surface area contributed by atoms with E-state index in [1.54, 1.807) is 17.5 Å². The normalized spacial score (nSPS) is 13.8. The maximum atomic E-state index is 12.1. The molecule has 1 heterocycles. The number of rotatable bonds is 5. The van der Waals surface area contributed by atoms with Gasteiger partial charge in [0.25, 0.3) is 0 Å². The van der Waals surface area contributed by atoms with Crippen molar-refractivity contribution in [1.82, 2.24) is 4.98 Å². The zero-order valence-electron chi connectivity index (χ0n) is 11.7. The van der Waals surface area contributed by atoms with E-state index in [2.05, 4.69) is 10.3 Å². The molecule has 4 nitrogen and oxygen atoms in total. The molecular formula is C15H19N3OS. The van der Waals surface area contributed by atoms with Crippen LogP contribution >= 0.6 is 11.3 Å². The third-order valence-electron chi connectivity index (χ3n) is 3.37. The lowest BCUT2D eigenvalue weighted by atomic mass is 9.99. The van der Waals surface area contributed by atoms with Crippen LogP contribution < -0.4 is 11.1 Å². The summed E-state index contributed by atoms with van der Waals surface area (Å²) in [5, 5.41) is 5.74. The van der Waals surface area contributed by atoms with Crippen LogP contribution in [0, 0.1) is 5.92 Å². The van der Waals surface area contributed by atoms with Gasteiger partial charge in [0.2, 0.25) is 5.91 Å². The molecule has 0 aliphatic heterocycles. The Morgan fingerprint density at radius 3 is 2.95 bits per heavy atom. The maximum absolute atomic E-state index is 12.1. The van der Waals surface area contributed by atoms with Crippen LogP contribution in [0.25, 0.3) is 10.6 Å². The largest absolute Gasteiger partial charge is 0.325 e. The molecule has 0 aliphatic carbocycles. The molecule has 0 unspecified atom stereocenters. The van der Waals surface area contributed by atoms with Crippen molar-refractivity contribution in [2.75, 3.05) is 5.32 Å². The Balaban J connectivity index is 2.10. The molecule has 0 aliphatic rings. The van der Waals surface area contributed by atoms with E-state index in [0.717, 1.165) is 22.7 Å². The Morgan fingerprint density at radius 1 is 1.50 bits per heavy atom. The molecule has 0 spiro atoms. The van der Waals surface area contributed by atoms with Gasteiger partial charge in [0.15, 0.2) is 0 Å². The van der Waals surface area contributed by atoms with Crippen molar-refractivity contribution in [3.05, 3.63) is 35.8 Å². The highest BCUT2D eigenvalue weighted by Crippen LogP contribution is 2.24. The zero-order chi connectivity index (χ0) is 14.5. The van der Waals surface area contributed by atoms with E-state index in [1.807, 2.05) is 43.5 Å². The van der Waals surface area contributed by atoms with E-state index in [4.69, 9.17) is 5.73 Å². The van der Waals surface area contributed by atoms with Crippen LogP contribution in [0.2, 0.25) is 0 Å². The predicted octanol–water partition coefficient (Wildman–Crippen LogP) is 3.12. The monoisotopic (exact) mass is 289 g/mol. The highest BCUT2D eigenvalue weighted by atomic mass is 32.1. The predicted molar refractivity (Wildman–Crippen MR) is 83.6 cm³/mol. The smallest absolute Gasteiger partial charge is 0.241 e. The quantitative estimate of drug-likeness (QED) is 0.888. The summed E-state index contributed by atoms with van der Waals surface area (Å²) in [6, 6.07) is 7.17. The Labute approximate surface area is 123 Å². The average Bonchev–Trinajstić information content (AvgIpc) is 3.00. The first kappa shape index (κ1) is 14.7. The molecule has 106 valence electrons. The van der Waals surface area contributed by atoms with Crippen LogP contribution in [0.4, 0.5) is 5.69 Å². The van der Waals surface area contributed by atoms with Gasteiger partial charge in [0.05, 0.1) is 6.04 Å². The van der Waals surface area contributed by atoms with E-state index in [0.29, 0.717) is 0 Å². The fourth-order valence-corrected chi connectivity index (χ4v) is 2.47. The summed E-state index contributed by atoms with van der Waals surface area (Å²) in [5.74, 6) is 0.0211. The van der Waals surface area contributed by atoms with Crippen molar-refractivity contribution in [1.29, 1.82) is 0 Å². The summed E-state index contributed by atoms with van der Waals surface area (Å²) in [6.45, 7) is 4.01. The number of anilines is 1. The number of carbonyl (C=O) groups is 1. The van der Waals surface area contributed by atoms with Crippen LogP contribution in [0.5, 0.6) is 0 Å². The van der Waals surface area contributed by atoms with Crippen molar-refractivity contribution in [2.24, 2.45) is 11.7 Å². The van der Waals surface area contributed by atoms with Gasteiger partial charge >= 0.3 is 0 Å². The number of hydrogen-bond acceptors (Lipinski definition) is 4. The third kappa shape index (κ3) is 3.43. The van der Waals surface area contributed by atoms with Gasteiger partial charge in [-0.05, 0) is 18.1 Å². The lowest BCUT2D eigenvalue weighted by Crippen LogP contribution is -2.40. The standard InChI is InChI=1S/C15H19N3OS/c1-3-10(2)13(16)14(19)18-12-6-4-5-11(9-12)15-17-7-8-20-15/h4-10,13H,3,16H2,1-2H3,(H,18,19)/t10-,13-/m0/s1. The van der Waals surface area contributed by atoms with E-state index >= 15 is 0 Å². The Bertz CT molecular complexity index is 568. The van der Waals surface area contributed by atoms with Crippen molar-refractivity contribution >= 4 is 22.9 Å². The third-order valence-corrected chi connectivity index (χ3v) is 4.19. The summed E-state index contributed by atoms with van der Waals surface area (Å²) in [4.78, 5) is 16.3. The number of benzene rings is 1. The number of nitrogens with one attached hydrogen (secondary N) is 1. The number of hydrogen-bond donors (Lipinski definition) is 2. The molecule has 1 aromatic carbocycles. The number of nitrogens with two attached hydrogens (primary N) is 1. The van der Waals surface area contributed by atoms with Gasteiger partial charge in [-0.25, -0.2) is 4.98 Å². The fourth-order valence-electron chi connectivity index (χ4n) is 1.83. The lowest BCUT2D eigenvalue weighted by Gasteiger charge is -2.17. The minimum Gasteiger partial charge on any atom is -0.325 e. The first-order valence-electron chi connectivity index (χ1n) is 6.68. The Morgan fingerprint density at radius 2 is 2.30 bits per heavy atom. The van der Waals surface area contributed by atoms with Gasteiger partial charge in [-0.2, -0.15) is 0 Å². The highest BCUT2D eigenvalue weighted by molar-refractivity contribution is 7.13. The Hall–Kier alpha value is -1.72. The number of aromatic nitrogens is 1. The minimum atomic E-state index is -0.483. The minimum absolute atomic E-state index is 0.143. The van der Waals surface area contributed by atoms with Gasteiger partial charge in [-0.3, -0.25) is 4.79 Å². The second-order valence-electron chi connectivity index (χ2n) is 4.82. The number of amides is 1. The van der Waals surface area contributed by atoms with Gasteiger partial charge in [-0.1, -0.05) is 32.4 Å². The molecule has 2 atom stereocenters. The molecule has 0 saturated carbocycles. The van der Waals surface area contributed by atoms with Crippen LogP contribution in [0.15, 0.2) is 35.8 Å². The second kappa shape index (κ2) is 6.63. The molecule has 0 radical (unpaired) electrons. The van der Waals surface area contributed by atoms with Crippen molar-refractivity contribution < 1.29 is 4.79 Å². The van der Waals surface area contributed by atoms with Crippen LogP contribution in [0.3, 0.4) is 0 Å². The fraction of sp³-hybridized carbons (Fsp3) is 0.333. The summed E-state index contributed by atoms with van der Waals surface area (Å²) < 4.78 is 0. The molecule has 0 saturated heterocycles. The van der Waals surface area contributed by atoms with E-state index in [1.165, 1.54) is 0 Å². The first-order chi connectivity index (χ1) is 9.61. The van der Waals surface area contributed by atoms with Gasteiger partial charge in [0, 0.05) is 22.8 Å². The topological polar surface area (TPSA) is 68.0 Å². The zero-order valence-corrected chi connectivity index (χ0v) is 12.5. The number of nitrogens with zero attached hydrogens (tertiary/aromatic N) is 1. The SMILES string of the molecule is CC[C@H](C)[C@H](N)C(=O)Nc1cccc(-c2nccs2)c1. The van der Waals surface area contributed by atoms with Crippen molar-refractivity contribution in [3.8, 4) is 10.6 Å². The molecule has 5 heteroatoms. The summed E-state index contributed by atoms with van der Waals surface area (Å²) in [6.07, 6.45) is 2.65. The molecule has 20 heavy (non-hydrogen) atoms. The first-order valence-corrected chi connectivity index (χ1v) is 7.56. The molecule has 0 fully saturated rings. The van der Waals surface area contributed by atoms with E-state index < -0.39 is 6.04 Å². The van der Waals surface area contributed by atoms with Crippen LogP contribution in [-0.4, -0.2) is 16.9 Å². The molecule has 2 rings (SSSR count). The summed E-state index contributed by atoms with van der Waals surface area (Å²) >= 11 is 1.57. The van der Waals surface area contributed by atoms with E-state index in [9.17, 15) is 4.79 Å². The Kier molecular flexibility index (Phi) is 4.87. The molecule has 1 amide bonds. The maximum Gasteiger partial charge on any atom is 0.241 e. The molecular weight excluding hydrogens is 270 g/mol. The lowest BCUT2D eigenvalue weighted by molar-refractivity contribution is -0.118. The van der Waals surface area contributed by atoms with Gasteiger partial charge < -0.3 is 11.1 Å². The van der Waals surface area contributed by atoms with Gasteiger partial charge in [-0.15, -0.1) is 11.3 Å². The van der Waals surface area contributed by atoms with Crippen molar-refractivity contribution in [3.63, 3.8) is 0 Å². The number of carbonyl (C=O) groups excluding carboxylic acids is 1. The molecule has 2 aromatic rings. The van der Waals surface area contributed by atoms with Crippen LogP contribution in [-0.2, 0) is 4.79 Å². The van der Waals surface area contributed by atoms with Crippen LogP contribution in [0.1, 0.15) is 20.3 Å². The molecule has 3 N–H and O–H groups in total. The molecule has 1 aromatic heterocycles. The van der Waals surface area contributed by atoms with E-state index in [-0.39, 0.29) is 11.8 Å². The summed E-state index contributed by atoms with van der Waals surface area (Å²) in [5.41, 5.74) is 7.68. The number of thiazole rings is 1. The highest BCUT2D eigenvalue weighted by Gasteiger charge is 2.19. The van der Waals surface area contributed by atoms with Gasteiger partial charge in [0.1, 0.15) is 5.01 Å². The average molecular weight is 289 g/mol. The summed E-state index contributed by atoms with van der Waals surface area (Å²) in [7, 11) is 0. The van der Waals surface area contributed by atoms with Crippen molar-refractivity contribution in [2.45, 2.75) is 26.3 Å². The second-order valence-corrected chi connectivity index (χ2v) is 5.71. The molecule has 0 bridgehead atoms.